The van der Waals surface area contributed by atoms with Crippen LogP contribution >= 0.6 is 0 Å². The summed E-state index contributed by atoms with van der Waals surface area (Å²) < 4.78 is 0. The first-order valence-electron chi connectivity index (χ1n) is 8.60. The van der Waals surface area contributed by atoms with Crippen molar-refractivity contribution in [1.82, 2.24) is 10.3 Å². The predicted octanol–water partition coefficient (Wildman–Crippen LogP) is 5.02. The van der Waals surface area contributed by atoms with Crippen LogP contribution in [0.4, 0.5) is 0 Å². The first-order chi connectivity index (χ1) is 11.8. The number of pyridine rings is 1. The lowest BCUT2D eigenvalue weighted by atomic mass is 9.86. The molecular formula is C22H24N2O. The summed E-state index contributed by atoms with van der Waals surface area (Å²) >= 11 is 0. The first-order valence-corrected chi connectivity index (χ1v) is 8.60. The fraction of sp³-hybridized carbons (Fsp3) is 0.273. The van der Waals surface area contributed by atoms with Crippen molar-refractivity contribution in [2.24, 2.45) is 0 Å². The number of nitrogens with one attached hydrogen (secondary N) is 1. The molecule has 0 aliphatic rings. The molecule has 3 nitrogen and oxygen atoms in total. The molecule has 1 amide bonds. The minimum atomic E-state index is -0.0638. The smallest absolute Gasteiger partial charge is 0.251 e. The second-order valence-corrected chi connectivity index (χ2v) is 7.50. The molecule has 1 atom stereocenters. The second kappa shape index (κ2) is 6.67. The van der Waals surface area contributed by atoms with E-state index in [1.165, 1.54) is 5.56 Å². The summed E-state index contributed by atoms with van der Waals surface area (Å²) in [5.41, 5.74) is 3.13. The zero-order valence-corrected chi connectivity index (χ0v) is 15.2. The van der Waals surface area contributed by atoms with Gasteiger partial charge in [-0.05, 0) is 58.5 Å². The van der Waals surface area contributed by atoms with Crippen molar-refractivity contribution in [3.63, 3.8) is 0 Å². The van der Waals surface area contributed by atoms with E-state index in [1.54, 1.807) is 12.4 Å². The number of rotatable bonds is 3. The number of hydrogen-bond acceptors (Lipinski definition) is 2. The van der Waals surface area contributed by atoms with Gasteiger partial charge in [0, 0.05) is 18.0 Å². The van der Waals surface area contributed by atoms with Crippen LogP contribution < -0.4 is 5.32 Å². The summed E-state index contributed by atoms with van der Waals surface area (Å²) in [5.74, 6) is -0.0638. The van der Waals surface area contributed by atoms with Crippen LogP contribution in [0.2, 0.25) is 0 Å². The number of aromatic nitrogens is 1. The molecule has 0 aliphatic carbocycles. The van der Waals surface area contributed by atoms with E-state index in [0.717, 1.165) is 16.3 Å². The van der Waals surface area contributed by atoms with E-state index < -0.39 is 0 Å². The predicted molar refractivity (Wildman–Crippen MR) is 103 cm³/mol. The number of benzene rings is 2. The Bertz CT molecular complexity index is 895. The summed E-state index contributed by atoms with van der Waals surface area (Å²) in [4.78, 5) is 16.6. The molecule has 0 spiro atoms. The van der Waals surface area contributed by atoms with E-state index in [4.69, 9.17) is 0 Å². The molecule has 3 aromatic rings. The van der Waals surface area contributed by atoms with Gasteiger partial charge in [-0.25, -0.2) is 0 Å². The highest BCUT2D eigenvalue weighted by Gasteiger charge is 2.15. The van der Waals surface area contributed by atoms with Gasteiger partial charge < -0.3 is 5.32 Å². The number of carbonyl (C=O) groups is 1. The summed E-state index contributed by atoms with van der Waals surface area (Å²) in [7, 11) is 0. The molecule has 1 N–H and O–H groups in total. The molecule has 1 unspecified atom stereocenters. The largest absolute Gasteiger partial charge is 0.346 e. The van der Waals surface area contributed by atoms with Crippen molar-refractivity contribution >= 4 is 16.7 Å². The molecule has 3 rings (SSSR count). The van der Waals surface area contributed by atoms with Crippen LogP contribution in [0.5, 0.6) is 0 Å². The average Bonchev–Trinajstić information content (AvgIpc) is 2.60. The van der Waals surface area contributed by atoms with Crippen molar-refractivity contribution in [1.29, 1.82) is 0 Å². The van der Waals surface area contributed by atoms with Gasteiger partial charge in [-0.1, -0.05) is 45.0 Å². The third-order valence-corrected chi connectivity index (χ3v) is 4.52. The lowest BCUT2D eigenvalue weighted by Crippen LogP contribution is -2.26. The van der Waals surface area contributed by atoms with E-state index in [0.29, 0.717) is 5.56 Å². The van der Waals surface area contributed by atoms with Crippen LogP contribution in [0.1, 0.15) is 55.2 Å². The molecule has 2 aromatic carbocycles. The summed E-state index contributed by atoms with van der Waals surface area (Å²) in [6.07, 6.45) is 3.47. The van der Waals surface area contributed by atoms with Crippen molar-refractivity contribution < 1.29 is 4.79 Å². The lowest BCUT2D eigenvalue weighted by Gasteiger charge is -2.19. The third-order valence-electron chi connectivity index (χ3n) is 4.52. The Labute approximate surface area is 149 Å². The minimum absolute atomic E-state index is 0.0607. The minimum Gasteiger partial charge on any atom is -0.346 e. The van der Waals surface area contributed by atoms with Crippen LogP contribution in [0.25, 0.3) is 10.8 Å². The molecule has 128 valence electrons. The molecule has 0 bridgehead atoms. The molecule has 0 fully saturated rings. The summed E-state index contributed by atoms with van der Waals surface area (Å²) in [6.45, 7) is 8.59. The number of amides is 1. The van der Waals surface area contributed by atoms with Gasteiger partial charge in [-0.3, -0.25) is 9.78 Å². The number of fused-ring (bicyclic) bond motifs is 1. The van der Waals surface area contributed by atoms with Gasteiger partial charge in [-0.15, -0.1) is 0 Å². The Kier molecular flexibility index (Phi) is 4.58. The van der Waals surface area contributed by atoms with Crippen molar-refractivity contribution in [2.45, 2.75) is 39.2 Å². The van der Waals surface area contributed by atoms with Gasteiger partial charge in [-0.2, -0.15) is 0 Å². The number of carbonyl (C=O) groups excluding carboxylic acids is 1. The molecular weight excluding hydrogens is 308 g/mol. The molecule has 0 saturated heterocycles. The molecule has 0 radical (unpaired) electrons. The van der Waals surface area contributed by atoms with Crippen molar-refractivity contribution in [3.8, 4) is 0 Å². The SMILES string of the molecule is CC(NC(=O)c1ccc2cc(C(C)(C)C)ccc2c1)c1ccncc1. The van der Waals surface area contributed by atoms with Crippen LogP contribution in [-0.2, 0) is 5.41 Å². The van der Waals surface area contributed by atoms with Gasteiger partial charge in [0.05, 0.1) is 6.04 Å². The highest BCUT2D eigenvalue weighted by atomic mass is 16.1. The number of hydrogen-bond donors (Lipinski definition) is 1. The van der Waals surface area contributed by atoms with Gasteiger partial charge in [0.2, 0.25) is 0 Å². The Morgan fingerprint density at radius 1 is 0.960 bits per heavy atom. The topological polar surface area (TPSA) is 42.0 Å². The van der Waals surface area contributed by atoms with Crippen LogP contribution in [0.15, 0.2) is 60.9 Å². The normalized spacial score (nSPS) is 12.8. The van der Waals surface area contributed by atoms with Crippen LogP contribution in [-0.4, -0.2) is 10.9 Å². The first kappa shape index (κ1) is 17.2. The zero-order chi connectivity index (χ0) is 18.0. The van der Waals surface area contributed by atoms with Crippen LogP contribution in [0, 0.1) is 0 Å². The highest BCUT2D eigenvalue weighted by Crippen LogP contribution is 2.26. The fourth-order valence-corrected chi connectivity index (χ4v) is 2.87. The van der Waals surface area contributed by atoms with E-state index in [-0.39, 0.29) is 17.4 Å². The summed E-state index contributed by atoms with van der Waals surface area (Å²) in [6, 6.07) is 16.1. The standard InChI is InChI=1S/C22H24N2O/c1-15(16-9-11-23-12-10-16)24-21(25)19-6-5-18-14-20(22(2,3)4)8-7-17(18)13-19/h5-15H,1-4H3,(H,24,25). The maximum absolute atomic E-state index is 12.6. The molecule has 3 heteroatoms. The van der Waals surface area contributed by atoms with Crippen LogP contribution in [0.3, 0.4) is 0 Å². The van der Waals surface area contributed by atoms with Crippen molar-refractivity contribution in [3.05, 3.63) is 77.6 Å². The monoisotopic (exact) mass is 332 g/mol. The van der Waals surface area contributed by atoms with E-state index >= 15 is 0 Å². The third kappa shape index (κ3) is 3.87. The van der Waals surface area contributed by atoms with E-state index in [1.807, 2.05) is 37.3 Å². The number of nitrogens with zero attached hydrogens (tertiary/aromatic N) is 1. The summed E-state index contributed by atoms with van der Waals surface area (Å²) in [5, 5.41) is 5.29. The zero-order valence-electron chi connectivity index (χ0n) is 15.2. The van der Waals surface area contributed by atoms with Crippen molar-refractivity contribution in [2.75, 3.05) is 0 Å². The van der Waals surface area contributed by atoms with Gasteiger partial charge in [0.15, 0.2) is 0 Å². The van der Waals surface area contributed by atoms with Gasteiger partial charge in [0.25, 0.3) is 5.91 Å². The van der Waals surface area contributed by atoms with Gasteiger partial charge in [0.1, 0.15) is 0 Å². The Balaban J connectivity index is 1.82. The average molecular weight is 332 g/mol. The Morgan fingerprint density at radius 3 is 2.28 bits per heavy atom. The fourth-order valence-electron chi connectivity index (χ4n) is 2.87. The molecule has 1 aromatic heterocycles. The molecule has 25 heavy (non-hydrogen) atoms. The Morgan fingerprint density at radius 2 is 1.60 bits per heavy atom. The van der Waals surface area contributed by atoms with Gasteiger partial charge >= 0.3 is 0 Å². The van der Waals surface area contributed by atoms with E-state index in [9.17, 15) is 4.79 Å². The molecule has 0 saturated carbocycles. The van der Waals surface area contributed by atoms with E-state index in [2.05, 4.69) is 49.3 Å². The highest BCUT2D eigenvalue weighted by molar-refractivity contribution is 5.98. The lowest BCUT2D eigenvalue weighted by molar-refractivity contribution is 0.0940. The molecule has 1 heterocycles. The maximum Gasteiger partial charge on any atom is 0.251 e. The Hall–Kier alpha value is -2.68. The molecule has 0 aliphatic heterocycles. The maximum atomic E-state index is 12.6. The second-order valence-electron chi connectivity index (χ2n) is 7.50. The quantitative estimate of drug-likeness (QED) is 0.731.